The Labute approximate surface area is 108 Å². The lowest BCUT2D eigenvalue weighted by molar-refractivity contribution is -0.132. The first-order chi connectivity index (χ1) is 7.66. The second-order valence-corrected chi connectivity index (χ2v) is 5.04. The number of carbonyl (C=O) groups excluding carboxylic acids is 1. The van der Waals surface area contributed by atoms with Crippen LogP contribution in [-0.4, -0.2) is 40.4 Å². The predicted octanol–water partition coefficient (Wildman–Crippen LogP) is 1.11. The van der Waals surface area contributed by atoms with Crippen LogP contribution in [-0.2, 0) is 4.79 Å². The summed E-state index contributed by atoms with van der Waals surface area (Å²) in [5, 5.41) is 3.35. The van der Waals surface area contributed by atoms with Gasteiger partial charge in [-0.1, -0.05) is 0 Å². The summed E-state index contributed by atoms with van der Waals surface area (Å²) in [4.78, 5) is 21.2. The van der Waals surface area contributed by atoms with E-state index in [0.717, 1.165) is 22.4 Å². The van der Waals surface area contributed by atoms with Crippen LogP contribution in [0.3, 0.4) is 0 Å². The molecule has 0 radical (unpaired) electrons. The molecule has 1 unspecified atom stereocenters. The lowest BCUT2D eigenvalue weighted by Crippen LogP contribution is -2.43. The number of nitrogens with one attached hydrogen (secondary N) is 1. The summed E-state index contributed by atoms with van der Waals surface area (Å²) < 4.78 is 1.000. The number of aromatic nitrogens is 2. The van der Waals surface area contributed by atoms with Crippen molar-refractivity contribution in [3.05, 3.63) is 16.1 Å². The number of piperidine rings is 1. The maximum atomic E-state index is 11.3. The van der Waals surface area contributed by atoms with E-state index in [4.69, 9.17) is 0 Å². The first-order valence-electron chi connectivity index (χ1n) is 5.13. The Morgan fingerprint density at radius 3 is 3.12 bits per heavy atom. The molecule has 1 saturated heterocycles. The number of hydrogen-bond acceptors (Lipinski definition) is 4. The Hall–Kier alpha value is -0.920. The van der Waals surface area contributed by atoms with Gasteiger partial charge in [-0.15, -0.1) is 0 Å². The number of carbonyl (C=O) groups is 1. The summed E-state index contributed by atoms with van der Waals surface area (Å²) >= 11 is 2.20. The molecule has 1 aromatic heterocycles. The van der Waals surface area contributed by atoms with E-state index in [1.165, 1.54) is 6.33 Å². The largest absolute Gasteiger partial charge is 0.365 e. The minimum absolute atomic E-state index is 0.218. The van der Waals surface area contributed by atoms with Crippen LogP contribution in [0.2, 0.25) is 0 Å². The summed E-state index contributed by atoms with van der Waals surface area (Å²) in [6.45, 7) is 0.735. The normalized spacial score (nSPS) is 21.0. The molecule has 0 aromatic carbocycles. The molecular weight excluding hydrogens is 319 g/mol. The number of nitrogens with zero attached hydrogens (tertiary/aromatic N) is 3. The van der Waals surface area contributed by atoms with Crippen molar-refractivity contribution in [2.24, 2.45) is 0 Å². The highest BCUT2D eigenvalue weighted by Crippen LogP contribution is 2.18. The van der Waals surface area contributed by atoms with Crippen LogP contribution in [0, 0.1) is 3.57 Å². The summed E-state index contributed by atoms with van der Waals surface area (Å²) in [6.07, 6.45) is 4.77. The Balaban J connectivity index is 2.01. The fourth-order valence-corrected chi connectivity index (χ4v) is 2.20. The van der Waals surface area contributed by atoms with E-state index in [9.17, 15) is 4.79 Å². The molecule has 1 amide bonds. The number of halogens is 1. The van der Waals surface area contributed by atoms with E-state index in [0.29, 0.717) is 6.42 Å². The minimum Gasteiger partial charge on any atom is -0.365 e. The lowest BCUT2D eigenvalue weighted by atomic mass is 10.1. The molecule has 0 bridgehead atoms. The van der Waals surface area contributed by atoms with Crippen LogP contribution in [0.1, 0.15) is 12.8 Å². The van der Waals surface area contributed by atoms with Crippen molar-refractivity contribution < 1.29 is 4.79 Å². The van der Waals surface area contributed by atoms with Gasteiger partial charge in [0.15, 0.2) is 0 Å². The monoisotopic (exact) mass is 332 g/mol. The van der Waals surface area contributed by atoms with Gasteiger partial charge in [0.1, 0.15) is 12.1 Å². The van der Waals surface area contributed by atoms with E-state index < -0.39 is 0 Å². The zero-order chi connectivity index (χ0) is 11.5. The third-order valence-corrected chi connectivity index (χ3v) is 3.42. The number of anilines is 1. The highest BCUT2D eigenvalue weighted by Gasteiger charge is 2.23. The van der Waals surface area contributed by atoms with Crippen molar-refractivity contribution in [3.63, 3.8) is 0 Å². The maximum absolute atomic E-state index is 11.3. The van der Waals surface area contributed by atoms with E-state index in [2.05, 4.69) is 37.9 Å². The fraction of sp³-hybridized carbons (Fsp3) is 0.500. The second-order valence-electron chi connectivity index (χ2n) is 3.87. The highest BCUT2D eigenvalue weighted by molar-refractivity contribution is 14.1. The van der Waals surface area contributed by atoms with Gasteiger partial charge in [-0.05, 0) is 29.0 Å². The SMILES string of the molecule is CN1CC(Nc2ncncc2I)CCC1=O. The zero-order valence-electron chi connectivity index (χ0n) is 8.98. The van der Waals surface area contributed by atoms with E-state index >= 15 is 0 Å². The molecule has 1 fully saturated rings. The maximum Gasteiger partial charge on any atom is 0.222 e. The molecule has 1 aromatic rings. The van der Waals surface area contributed by atoms with Gasteiger partial charge in [-0.2, -0.15) is 0 Å². The van der Waals surface area contributed by atoms with Crippen molar-refractivity contribution in [2.75, 3.05) is 18.9 Å². The number of likely N-dealkylation sites (N-methyl/N-ethyl adjacent to an activating group) is 1. The number of rotatable bonds is 2. The molecule has 2 rings (SSSR count). The number of likely N-dealkylation sites (tertiary alicyclic amines) is 1. The topological polar surface area (TPSA) is 58.1 Å². The first kappa shape index (κ1) is 11.6. The van der Waals surface area contributed by atoms with Gasteiger partial charge in [0.2, 0.25) is 5.91 Å². The van der Waals surface area contributed by atoms with Gasteiger partial charge >= 0.3 is 0 Å². The Bertz CT molecular complexity index is 398. The van der Waals surface area contributed by atoms with E-state index in [1.54, 1.807) is 11.1 Å². The molecule has 1 N–H and O–H groups in total. The molecule has 2 heterocycles. The number of hydrogen-bond donors (Lipinski definition) is 1. The van der Waals surface area contributed by atoms with Gasteiger partial charge in [0.25, 0.3) is 0 Å². The molecule has 1 aliphatic heterocycles. The molecule has 0 saturated carbocycles. The van der Waals surface area contributed by atoms with Crippen molar-refractivity contribution in [3.8, 4) is 0 Å². The van der Waals surface area contributed by atoms with Gasteiger partial charge < -0.3 is 10.2 Å². The molecule has 1 atom stereocenters. The summed E-state index contributed by atoms with van der Waals surface area (Å²) in [6, 6.07) is 0.283. The summed E-state index contributed by atoms with van der Waals surface area (Å²) in [7, 11) is 1.83. The third kappa shape index (κ3) is 2.60. The Morgan fingerprint density at radius 1 is 1.62 bits per heavy atom. The zero-order valence-corrected chi connectivity index (χ0v) is 11.1. The van der Waals surface area contributed by atoms with Crippen LogP contribution < -0.4 is 5.32 Å². The van der Waals surface area contributed by atoms with Crippen LogP contribution in [0.4, 0.5) is 5.82 Å². The van der Waals surface area contributed by atoms with Crippen molar-refractivity contribution in [1.82, 2.24) is 14.9 Å². The molecular formula is C10H13IN4O. The average molecular weight is 332 g/mol. The number of amides is 1. The smallest absolute Gasteiger partial charge is 0.222 e. The van der Waals surface area contributed by atoms with Crippen LogP contribution in [0.5, 0.6) is 0 Å². The van der Waals surface area contributed by atoms with Crippen molar-refractivity contribution >= 4 is 34.3 Å². The van der Waals surface area contributed by atoms with Gasteiger partial charge in [0.05, 0.1) is 3.57 Å². The quantitative estimate of drug-likeness (QED) is 0.825. The van der Waals surface area contributed by atoms with Gasteiger partial charge in [-0.3, -0.25) is 4.79 Å². The van der Waals surface area contributed by atoms with Crippen molar-refractivity contribution in [1.29, 1.82) is 0 Å². The van der Waals surface area contributed by atoms with E-state index in [-0.39, 0.29) is 11.9 Å². The summed E-state index contributed by atoms with van der Waals surface area (Å²) in [5.41, 5.74) is 0. The standard InChI is InChI=1S/C10H13IN4O/c1-15-5-7(2-3-9(15)16)14-10-8(11)4-12-6-13-10/h4,6-7H,2-3,5H2,1H3,(H,12,13,14). The lowest BCUT2D eigenvalue weighted by Gasteiger charge is -2.30. The fourth-order valence-electron chi connectivity index (χ4n) is 1.74. The molecule has 0 aliphatic carbocycles. The highest BCUT2D eigenvalue weighted by atomic mass is 127. The third-order valence-electron chi connectivity index (χ3n) is 2.64. The Kier molecular flexibility index (Phi) is 3.57. The van der Waals surface area contributed by atoms with E-state index in [1.807, 2.05) is 7.05 Å². The molecule has 16 heavy (non-hydrogen) atoms. The molecule has 0 spiro atoms. The van der Waals surface area contributed by atoms with Crippen LogP contribution >= 0.6 is 22.6 Å². The van der Waals surface area contributed by atoms with Gasteiger partial charge in [-0.25, -0.2) is 9.97 Å². The Morgan fingerprint density at radius 2 is 2.44 bits per heavy atom. The molecule has 86 valence electrons. The van der Waals surface area contributed by atoms with Crippen LogP contribution in [0.25, 0.3) is 0 Å². The molecule has 5 nitrogen and oxygen atoms in total. The van der Waals surface area contributed by atoms with Gasteiger partial charge in [0, 0.05) is 32.3 Å². The molecule has 1 aliphatic rings. The first-order valence-corrected chi connectivity index (χ1v) is 6.20. The summed E-state index contributed by atoms with van der Waals surface area (Å²) in [5.74, 6) is 1.07. The molecule has 6 heteroatoms. The van der Waals surface area contributed by atoms with Crippen molar-refractivity contribution in [2.45, 2.75) is 18.9 Å². The average Bonchev–Trinajstić information content (AvgIpc) is 2.27. The minimum atomic E-state index is 0.218. The predicted molar refractivity (Wildman–Crippen MR) is 69.0 cm³/mol. The second kappa shape index (κ2) is 4.94. The van der Waals surface area contributed by atoms with Crippen LogP contribution in [0.15, 0.2) is 12.5 Å².